The summed E-state index contributed by atoms with van der Waals surface area (Å²) in [7, 11) is 1.63. The second kappa shape index (κ2) is 9.38. The second-order valence-electron chi connectivity index (χ2n) is 12.0. The van der Waals surface area contributed by atoms with E-state index in [0.29, 0.717) is 41.0 Å². The largest absolute Gasteiger partial charge is 0.424 e. The first kappa shape index (κ1) is 25.2. The fourth-order valence-electron chi connectivity index (χ4n) is 7.97. The first-order chi connectivity index (χ1) is 18.9. The molecule has 39 heavy (non-hydrogen) atoms. The lowest BCUT2D eigenvalue weighted by Gasteiger charge is -2.50. The maximum absolute atomic E-state index is 12.8. The number of carbonyl (C=O) groups is 2. The number of hydrogen-bond donors (Lipinski definition) is 1. The molecule has 1 aromatic carbocycles. The molecule has 4 fully saturated rings. The van der Waals surface area contributed by atoms with Crippen LogP contribution in [0, 0.1) is 30.1 Å². The van der Waals surface area contributed by atoms with Gasteiger partial charge in [0.1, 0.15) is 12.9 Å². The number of rotatable bonds is 7. The molecule has 0 spiro atoms. The number of aromatic nitrogens is 1. The van der Waals surface area contributed by atoms with Crippen LogP contribution < -0.4 is 10.1 Å². The highest BCUT2D eigenvalue weighted by atomic mass is 32.1. The van der Waals surface area contributed by atoms with E-state index in [2.05, 4.69) is 34.5 Å². The Kier molecular flexibility index (Phi) is 6.06. The minimum atomic E-state index is -0.184. The zero-order valence-electron chi connectivity index (χ0n) is 22.7. The molecular weight excluding hydrogens is 514 g/mol. The molecule has 2 aliphatic heterocycles. The van der Waals surface area contributed by atoms with Crippen LogP contribution in [0.1, 0.15) is 67.4 Å². The summed E-state index contributed by atoms with van der Waals surface area (Å²) in [6.07, 6.45) is 8.06. The summed E-state index contributed by atoms with van der Waals surface area (Å²) in [5.74, 6) is 2.35. The van der Waals surface area contributed by atoms with Crippen LogP contribution in [-0.2, 0) is 20.8 Å². The van der Waals surface area contributed by atoms with Gasteiger partial charge in [-0.3, -0.25) is 4.79 Å². The smallest absolute Gasteiger partial charge is 0.346 e. The molecule has 0 bridgehead atoms. The fourth-order valence-corrected chi connectivity index (χ4v) is 8.65. The normalized spacial score (nSPS) is 36.3. The van der Waals surface area contributed by atoms with Gasteiger partial charge in [0.25, 0.3) is 0 Å². The number of anilines is 1. The van der Waals surface area contributed by atoms with Crippen molar-refractivity contribution in [2.24, 2.45) is 28.3 Å². The van der Waals surface area contributed by atoms with E-state index in [1.807, 2.05) is 23.0 Å². The zero-order chi connectivity index (χ0) is 26.9. The highest BCUT2D eigenvalue weighted by molar-refractivity contribution is 7.15. The minimum absolute atomic E-state index is 0.00646. The number of amides is 1. The lowest BCUT2D eigenvalue weighted by atomic mass is 9.54. The highest BCUT2D eigenvalue weighted by Crippen LogP contribution is 2.62. The van der Waals surface area contributed by atoms with Crippen LogP contribution in [0.2, 0.25) is 0 Å². The highest BCUT2D eigenvalue weighted by Gasteiger charge is 2.65. The predicted octanol–water partition coefficient (Wildman–Crippen LogP) is 4.69. The summed E-state index contributed by atoms with van der Waals surface area (Å²) >= 11 is 1.51. The number of aryl methyl sites for hydroxylation is 2. The number of esters is 1. The van der Waals surface area contributed by atoms with Crippen LogP contribution in [0.5, 0.6) is 5.75 Å². The molecule has 7 atom stereocenters. The van der Waals surface area contributed by atoms with E-state index < -0.39 is 0 Å². The van der Waals surface area contributed by atoms with Gasteiger partial charge in [-0.2, -0.15) is 10.0 Å². The monoisotopic (exact) mass is 549 g/mol. The van der Waals surface area contributed by atoms with Gasteiger partial charge in [0.05, 0.1) is 12.4 Å². The molecule has 3 heterocycles. The molecule has 5 aliphatic rings. The van der Waals surface area contributed by atoms with Crippen molar-refractivity contribution in [2.75, 3.05) is 19.1 Å². The predicted molar refractivity (Wildman–Crippen MR) is 147 cm³/mol. The van der Waals surface area contributed by atoms with Gasteiger partial charge in [0.15, 0.2) is 11.3 Å². The summed E-state index contributed by atoms with van der Waals surface area (Å²) in [4.78, 5) is 35.8. The van der Waals surface area contributed by atoms with Crippen molar-refractivity contribution in [3.63, 3.8) is 0 Å². The van der Waals surface area contributed by atoms with Crippen LogP contribution in [0.15, 0.2) is 29.6 Å². The summed E-state index contributed by atoms with van der Waals surface area (Å²) < 4.78 is 5.69. The number of hydrogen-bond acceptors (Lipinski definition) is 9. The van der Waals surface area contributed by atoms with E-state index in [9.17, 15) is 9.59 Å². The average Bonchev–Trinajstić information content (AvgIpc) is 3.76. The van der Waals surface area contributed by atoms with Gasteiger partial charge in [-0.05, 0) is 92.4 Å². The Balaban J connectivity index is 1.08. The Bertz CT molecular complexity index is 1350. The Morgan fingerprint density at radius 2 is 2.13 bits per heavy atom. The lowest BCUT2D eigenvalue weighted by Crippen LogP contribution is -2.44. The third-order valence-corrected chi connectivity index (χ3v) is 10.7. The quantitative estimate of drug-likeness (QED) is 0.232. The topological polar surface area (TPSA) is 95.9 Å². The summed E-state index contributed by atoms with van der Waals surface area (Å²) in [5, 5.41) is 12.1. The summed E-state index contributed by atoms with van der Waals surface area (Å²) in [6.45, 7) is 5.24. The van der Waals surface area contributed by atoms with Crippen LogP contribution in [0.3, 0.4) is 0 Å². The van der Waals surface area contributed by atoms with E-state index in [-0.39, 0.29) is 23.5 Å². The molecule has 10 heteroatoms. The number of carbonyl (C=O) groups excluding carboxylic acids is 2. The molecule has 7 rings (SSSR count). The maximum Gasteiger partial charge on any atom is 0.346 e. The number of oxime groups is 1. The molecule has 2 saturated heterocycles. The van der Waals surface area contributed by atoms with E-state index in [1.54, 1.807) is 13.3 Å². The number of fused-ring (bicyclic) bond motifs is 6. The van der Waals surface area contributed by atoms with Crippen molar-refractivity contribution in [1.82, 2.24) is 15.0 Å². The third-order valence-electron chi connectivity index (χ3n) is 9.86. The van der Waals surface area contributed by atoms with Crippen LogP contribution in [0.4, 0.5) is 5.13 Å². The number of benzene rings is 1. The van der Waals surface area contributed by atoms with Crippen LogP contribution in [0.25, 0.3) is 0 Å². The van der Waals surface area contributed by atoms with Crippen molar-refractivity contribution < 1.29 is 19.2 Å². The van der Waals surface area contributed by atoms with Crippen LogP contribution in [-0.4, -0.2) is 52.5 Å². The zero-order valence-corrected chi connectivity index (χ0v) is 23.5. The van der Waals surface area contributed by atoms with Gasteiger partial charge < -0.3 is 14.9 Å². The average molecular weight is 550 g/mol. The number of thiazole rings is 1. The molecule has 0 radical (unpaired) electrons. The molecule has 2 aromatic rings. The maximum atomic E-state index is 12.8. The fraction of sp³-hybridized carbons (Fsp3) is 0.586. The van der Waals surface area contributed by atoms with Gasteiger partial charge in [-0.15, -0.1) is 11.3 Å². The number of hydrazine groups is 1. The van der Waals surface area contributed by atoms with Gasteiger partial charge in [0, 0.05) is 22.9 Å². The molecule has 1 amide bonds. The standard InChI is InChI=1S/C29H35N5O4S/c1-16-14-30-28(39-16)31-24(35)9-5-18-13-23(32-37-3)29(2)11-10-21-20-8-6-19(38-27(36)26-33-15-34(26)33)12-17(20)4-7-22(21)25(18)29/h6,8,12,14,18,21-22,25-26H,4-5,7,9-11,13,15H2,1-3H3,(H,30,31,35)/b32-23+/t18-,21?,22?,25?,26?,29-,33?,34?/m1/s1. The molecule has 206 valence electrons. The van der Waals surface area contributed by atoms with Gasteiger partial charge >= 0.3 is 5.97 Å². The first-order valence-electron chi connectivity index (χ1n) is 14.1. The van der Waals surface area contributed by atoms with Crippen molar-refractivity contribution >= 4 is 34.1 Å². The molecule has 5 unspecified atom stereocenters. The Hall–Kier alpha value is -2.82. The van der Waals surface area contributed by atoms with Crippen LogP contribution >= 0.6 is 11.3 Å². The summed E-state index contributed by atoms with van der Waals surface area (Å²) in [6, 6.07) is 6.26. The SMILES string of the molecule is CO/N=C1\C[C@@H](CCC(=O)Nc2ncc(C)s2)C2C3CCc4cc(OC(=O)C5N6CN56)ccc4C3CC[C@]12C. The first-order valence-corrected chi connectivity index (χ1v) is 14.9. The minimum Gasteiger partial charge on any atom is -0.424 e. The van der Waals surface area contributed by atoms with E-state index >= 15 is 0 Å². The molecule has 2 saturated carbocycles. The van der Waals surface area contributed by atoms with E-state index in [0.717, 1.165) is 55.8 Å². The lowest BCUT2D eigenvalue weighted by molar-refractivity contribution is -0.136. The molecule has 9 nitrogen and oxygen atoms in total. The number of ether oxygens (including phenoxy) is 1. The third kappa shape index (κ3) is 4.37. The Labute approximate surface area is 232 Å². The van der Waals surface area contributed by atoms with Crippen molar-refractivity contribution in [3.8, 4) is 5.75 Å². The van der Waals surface area contributed by atoms with E-state index in [4.69, 9.17) is 9.57 Å². The van der Waals surface area contributed by atoms with Crippen molar-refractivity contribution in [2.45, 2.75) is 70.9 Å². The van der Waals surface area contributed by atoms with Crippen molar-refractivity contribution in [3.05, 3.63) is 40.4 Å². The molecule has 3 aliphatic carbocycles. The Morgan fingerprint density at radius 3 is 2.85 bits per heavy atom. The van der Waals surface area contributed by atoms with Gasteiger partial charge in [-0.1, -0.05) is 18.1 Å². The second-order valence-corrected chi connectivity index (χ2v) is 13.2. The van der Waals surface area contributed by atoms with Gasteiger partial charge in [0.2, 0.25) is 5.91 Å². The van der Waals surface area contributed by atoms with E-state index in [1.165, 1.54) is 22.5 Å². The number of nitrogens with one attached hydrogen (secondary N) is 1. The van der Waals surface area contributed by atoms with Gasteiger partial charge in [-0.25, -0.2) is 9.78 Å². The summed E-state index contributed by atoms with van der Waals surface area (Å²) in [5.41, 5.74) is 3.87. The van der Waals surface area contributed by atoms with Crippen molar-refractivity contribution in [1.29, 1.82) is 0 Å². The molecule has 1 aromatic heterocycles. The molecule has 1 N–H and O–H groups in total. The Morgan fingerprint density at radius 1 is 1.28 bits per heavy atom. The number of nitrogens with zero attached hydrogens (tertiary/aromatic N) is 4. The molecular formula is C29H35N5O4S.